The minimum atomic E-state index is 0.565. The molecule has 0 spiro atoms. The quantitative estimate of drug-likeness (QED) is 0.737. The van der Waals surface area contributed by atoms with Crippen molar-refractivity contribution in [3.8, 4) is 0 Å². The van der Waals surface area contributed by atoms with Gasteiger partial charge in [-0.05, 0) is 43.2 Å². The predicted molar refractivity (Wildman–Crippen MR) is 67.4 cm³/mol. The highest BCUT2D eigenvalue weighted by molar-refractivity contribution is 5.77. The first kappa shape index (κ1) is 10.9. The van der Waals surface area contributed by atoms with Crippen LogP contribution in [-0.2, 0) is 0 Å². The fourth-order valence-electron chi connectivity index (χ4n) is 2.96. The van der Waals surface area contributed by atoms with E-state index < -0.39 is 0 Å². The Labute approximate surface area is 102 Å². The Morgan fingerprint density at radius 1 is 1.06 bits per heavy atom. The minimum absolute atomic E-state index is 0.565. The highest BCUT2D eigenvalue weighted by atomic mass is 16.1. The summed E-state index contributed by atoms with van der Waals surface area (Å²) in [5.74, 6) is 1.21. The van der Waals surface area contributed by atoms with Gasteiger partial charge in [0.15, 0.2) is 6.29 Å². The number of hydrogen-bond donors (Lipinski definition) is 0. The van der Waals surface area contributed by atoms with Crippen molar-refractivity contribution in [2.24, 2.45) is 0 Å². The lowest BCUT2D eigenvalue weighted by atomic mass is 9.84. The number of rotatable bonds is 3. The van der Waals surface area contributed by atoms with E-state index in [1.165, 1.54) is 50.5 Å². The Hall–Kier alpha value is -1.18. The van der Waals surface area contributed by atoms with E-state index in [1.54, 1.807) is 0 Å². The van der Waals surface area contributed by atoms with Crippen molar-refractivity contribution in [3.63, 3.8) is 0 Å². The van der Waals surface area contributed by atoms with E-state index in [0.29, 0.717) is 11.8 Å². The number of aromatic nitrogens is 1. The van der Waals surface area contributed by atoms with Crippen LogP contribution < -0.4 is 0 Å². The van der Waals surface area contributed by atoms with E-state index in [-0.39, 0.29) is 0 Å². The summed E-state index contributed by atoms with van der Waals surface area (Å²) in [7, 11) is 0. The molecule has 17 heavy (non-hydrogen) atoms. The average Bonchev–Trinajstić information content (AvgIpc) is 3.23. The van der Waals surface area contributed by atoms with Gasteiger partial charge < -0.3 is 0 Å². The smallest absolute Gasteiger partial charge is 0.151 e. The van der Waals surface area contributed by atoms with Crippen LogP contribution in [-0.4, -0.2) is 11.3 Å². The van der Waals surface area contributed by atoms with Crippen molar-refractivity contribution in [1.29, 1.82) is 0 Å². The van der Waals surface area contributed by atoms with Crippen LogP contribution in [0.1, 0.15) is 78.4 Å². The van der Waals surface area contributed by atoms with Crippen LogP contribution in [0.25, 0.3) is 0 Å². The second-order valence-corrected chi connectivity index (χ2v) is 5.47. The molecule has 0 saturated heterocycles. The van der Waals surface area contributed by atoms with Gasteiger partial charge in [-0.1, -0.05) is 19.3 Å². The molecule has 2 aliphatic carbocycles. The van der Waals surface area contributed by atoms with Crippen molar-refractivity contribution >= 4 is 6.29 Å². The maximum atomic E-state index is 11.2. The Balaban J connectivity index is 1.87. The maximum Gasteiger partial charge on any atom is 0.151 e. The van der Waals surface area contributed by atoms with Gasteiger partial charge in [-0.2, -0.15) is 0 Å². The van der Waals surface area contributed by atoms with E-state index in [1.807, 2.05) is 6.20 Å². The van der Waals surface area contributed by atoms with E-state index in [9.17, 15) is 4.79 Å². The summed E-state index contributed by atoms with van der Waals surface area (Å²) >= 11 is 0. The third-order valence-electron chi connectivity index (χ3n) is 4.14. The van der Waals surface area contributed by atoms with Crippen molar-refractivity contribution < 1.29 is 4.79 Å². The molecule has 3 rings (SSSR count). The molecule has 0 aromatic carbocycles. The topological polar surface area (TPSA) is 30.0 Å². The van der Waals surface area contributed by atoms with Crippen LogP contribution in [0.2, 0.25) is 0 Å². The molecule has 0 unspecified atom stereocenters. The second-order valence-electron chi connectivity index (χ2n) is 5.47. The standard InChI is InChI=1S/C15H19NO/c17-10-14-8-13(11-4-2-1-3-5-11)9-16-15(14)12-6-7-12/h8-12H,1-7H2. The Morgan fingerprint density at radius 2 is 1.82 bits per heavy atom. The van der Waals surface area contributed by atoms with Gasteiger partial charge in [0.1, 0.15) is 0 Å². The highest BCUT2D eigenvalue weighted by Crippen LogP contribution is 2.41. The highest BCUT2D eigenvalue weighted by Gasteiger charge is 2.28. The molecular formula is C15H19NO. The van der Waals surface area contributed by atoms with Crippen LogP contribution in [0, 0.1) is 0 Å². The van der Waals surface area contributed by atoms with Crippen LogP contribution >= 0.6 is 0 Å². The Morgan fingerprint density at radius 3 is 2.47 bits per heavy atom. The van der Waals surface area contributed by atoms with Crippen molar-refractivity contribution in [2.75, 3.05) is 0 Å². The van der Waals surface area contributed by atoms with Crippen molar-refractivity contribution in [1.82, 2.24) is 4.98 Å². The van der Waals surface area contributed by atoms with Gasteiger partial charge in [0.25, 0.3) is 0 Å². The fraction of sp³-hybridized carbons (Fsp3) is 0.600. The average molecular weight is 229 g/mol. The third kappa shape index (κ3) is 2.26. The first-order valence-electron chi connectivity index (χ1n) is 6.83. The molecule has 90 valence electrons. The zero-order chi connectivity index (χ0) is 11.7. The molecule has 1 aromatic rings. The van der Waals surface area contributed by atoms with Gasteiger partial charge in [0.2, 0.25) is 0 Å². The first-order chi connectivity index (χ1) is 8.38. The summed E-state index contributed by atoms with van der Waals surface area (Å²) in [5, 5.41) is 0. The molecule has 2 heteroatoms. The summed E-state index contributed by atoms with van der Waals surface area (Å²) in [4.78, 5) is 15.7. The molecular weight excluding hydrogens is 210 g/mol. The lowest BCUT2D eigenvalue weighted by Crippen LogP contribution is -2.07. The molecule has 0 radical (unpaired) electrons. The second kappa shape index (κ2) is 4.59. The van der Waals surface area contributed by atoms with E-state index in [2.05, 4.69) is 11.1 Å². The lowest BCUT2D eigenvalue weighted by Gasteiger charge is -2.22. The molecule has 1 heterocycles. The third-order valence-corrected chi connectivity index (χ3v) is 4.14. The predicted octanol–water partition coefficient (Wildman–Crippen LogP) is 3.82. The molecule has 2 nitrogen and oxygen atoms in total. The number of nitrogens with zero attached hydrogens (tertiary/aromatic N) is 1. The summed E-state index contributed by atoms with van der Waals surface area (Å²) in [6.07, 6.45) is 12.0. The fourth-order valence-corrected chi connectivity index (χ4v) is 2.96. The summed E-state index contributed by atoms with van der Waals surface area (Å²) in [5.41, 5.74) is 3.17. The molecule has 2 fully saturated rings. The minimum Gasteiger partial charge on any atom is -0.298 e. The molecule has 2 saturated carbocycles. The van der Waals surface area contributed by atoms with Gasteiger partial charge >= 0.3 is 0 Å². The van der Waals surface area contributed by atoms with Crippen LogP contribution in [0.5, 0.6) is 0 Å². The van der Waals surface area contributed by atoms with Crippen LogP contribution in [0.3, 0.4) is 0 Å². The Bertz CT molecular complexity index is 417. The molecule has 0 bridgehead atoms. The number of pyridine rings is 1. The molecule has 0 N–H and O–H groups in total. The summed E-state index contributed by atoms with van der Waals surface area (Å²) < 4.78 is 0. The van der Waals surface area contributed by atoms with E-state index >= 15 is 0 Å². The normalized spacial score (nSPS) is 21.4. The van der Waals surface area contributed by atoms with E-state index in [4.69, 9.17) is 0 Å². The van der Waals surface area contributed by atoms with Gasteiger partial charge in [0, 0.05) is 17.7 Å². The van der Waals surface area contributed by atoms with Gasteiger partial charge in [-0.3, -0.25) is 9.78 Å². The SMILES string of the molecule is O=Cc1cc(C2CCCCC2)cnc1C1CC1. The molecule has 0 atom stereocenters. The largest absolute Gasteiger partial charge is 0.298 e. The summed E-state index contributed by atoms with van der Waals surface area (Å²) in [6, 6.07) is 2.10. The molecule has 2 aliphatic rings. The molecule has 1 aromatic heterocycles. The first-order valence-corrected chi connectivity index (χ1v) is 6.83. The van der Waals surface area contributed by atoms with Crippen LogP contribution in [0.15, 0.2) is 12.3 Å². The monoisotopic (exact) mass is 229 g/mol. The Kier molecular flexibility index (Phi) is 2.96. The number of carbonyl (C=O) groups is 1. The zero-order valence-electron chi connectivity index (χ0n) is 10.2. The maximum absolute atomic E-state index is 11.2. The number of carbonyl (C=O) groups excluding carboxylic acids is 1. The number of hydrogen-bond acceptors (Lipinski definition) is 2. The lowest BCUT2D eigenvalue weighted by molar-refractivity contribution is 0.112. The van der Waals surface area contributed by atoms with E-state index in [0.717, 1.165) is 17.5 Å². The van der Waals surface area contributed by atoms with Crippen molar-refractivity contribution in [2.45, 2.75) is 56.8 Å². The van der Waals surface area contributed by atoms with Gasteiger partial charge in [-0.15, -0.1) is 0 Å². The van der Waals surface area contributed by atoms with Gasteiger partial charge in [0.05, 0.1) is 5.69 Å². The summed E-state index contributed by atoms with van der Waals surface area (Å²) in [6.45, 7) is 0. The molecule has 0 aliphatic heterocycles. The van der Waals surface area contributed by atoms with Gasteiger partial charge in [-0.25, -0.2) is 0 Å². The van der Waals surface area contributed by atoms with Crippen molar-refractivity contribution in [3.05, 3.63) is 29.1 Å². The zero-order valence-corrected chi connectivity index (χ0v) is 10.2. The van der Waals surface area contributed by atoms with Crippen LogP contribution in [0.4, 0.5) is 0 Å². The molecule has 0 amide bonds. The number of aldehydes is 1.